The van der Waals surface area contributed by atoms with Crippen LogP contribution in [0.1, 0.15) is 5.56 Å². The van der Waals surface area contributed by atoms with E-state index in [1.165, 1.54) is 0 Å². The predicted molar refractivity (Wildman–Crippen MR) is 53.6 cm³/mol. The summed E-state index contributed by atoms with van der Waals surface area (Å²) in [5.74, 6) is 0. The fourth-order valence-corrected chi connectivity index (χ4v) is 1.58. The largest absolute Gasteiger partial charge is 0.351 e. The summed E-state index contributed by atoms with van der Waals surface area (Å²) in [6, 6.07) is 7.81. The first-order valence-corrected chi connectivity index (χ1v) is 4.66. The Morgan fingerprint density at radius 2 is 2.43 bits per heavy atom. The van der Waals surface area contributed by atoms with Gasteiger partial charge in [-0.1, -0.05) is 12.1 Å². The number of rotatable bonds is 2. The lowest BCUT2D eigenvalue weighted by atomic mass is 10.2. The topological polar surface area (TPSA) is 58.7 Å². The van der Waals surface area contributed by atoms with Gasteiger partial charge in [-0.05, 0) is 17.7 Å². The van der Waals surface area contributed by atoms with Gasteiger partial charge in [0.05, 0.1) is 6.61 Å². The minimum absolute atomic E-state index is 0.513. The van der Waals surface area contributed by atoms with Crippen molar-refractivity contribution in [3.63, 3.8) is 0 Å². The van der Waals surface area contributed by atoms with Crippen LogP contribution in [0.15, 0.2) is 24.3 Å². The maximum Gasteiger partial charge on any atom is 0.238 e. The Morgan fingerprint density at radius 1 is 1.57 bits per heavy atom. The molecule has 2 rings (SSSR count). The zero-order chi connectivity index (χ0) is 9.97. The van der Waals surface area contributed by atoms with Crippen molar-refractivity contribution >= 4 is 5.69 Å². The van der Waals surface area contributed by atoms with Gasteiger partial charge in [-0.3, -0.25) is 0 Å². The van der Waals surface area contributed by atoms with Crippen molar-refractivity contribution in [2.75, 3.05) is 18.1 Å². The van der Waals surface area contributed by atoms with Gasteiger partial charge in [0.1, 0.15) is 0 Å². The van der Waals surface area contributed by atoms with Crippen LogP contribution < -0.4 is 10.6 Å². The molecule has 1 aliphatic heterocycles. The Kier molecular flexibility index (Phi) is 2.67. The molecule has 1 heterocycles. The van der Waals surface area contributed by atoms with Crippen LogP contribution in [0.25, 0.3) is 0 Å². The average Bonchev–Trinajstić information content (AvgIpc) is 2.65. The third kappa shape index (κ3) is 1.72. The standard InChI is InChI=1S/C10H14N2O2/c11-7-8-2-1-3-9(6-8)12-4-5-14-10(12)13/h1-3,6,10,13H,4-5,7,11H2. The van der Waals surface area contributed by atoms with E-state index in [1.807, 2.05) is 24.3 Å². The van der Waals surface area contributed by atoms with E-state index < -0.39 is 6.41 Å². The molecule has 1 fully saturated rings. The summed E-state index contributed by atoms with van der Waals surface area (Å²) in [4.78, 5) is 1.80. The molecule has 0 bridgehead atoms. The zero-order valence-electron chi connectivity index (χ0n) is 7.89. The second-order valence-electron chi connectivity index (χ2n) is 3.26. The summed E-state index contributed by atoms with van der Waals surface area (Å²) >= 11 is 0. The van der Waals surface area contributed by atoms with Crippen LogP contribution in [-0.2, 0) is 11.3 Å². The Hall–Kier alpha value is -1.10. The van der Waals surface area contributed by atoms with E-state index in [4.69, 9.17) is 10.5 Å². The highest BCUT2D eigenvalue weighted by Crippen LogP contribution is 2.21. The molecule has 4 nitrogen and oxygen atoms in total. The van der Waals surface area contributed by atoms with Gasteiger partial charge in [0.25, 0.3) is 0 Å². The Morgan fingerprint density at radius 3 is 3.07 bits per heavy atom. The van der Waals surface area contributed by atoms with Gasteiger partial charge in [-0.25, -0.2) is 0 Å². The smallest absolute Gasteiger partial charge is 0.238 e. The van der Waals surface area contributed by atoms with E-state index in [9.17, 15) is 5.11 Å². The number of nitrogens with two attached hydrogens (primary N) is 1. The number of aliphatic hydroxyl groups excluding tert-OH is 1. The molecule has 1 aliphatic rings. The number of hydrogen-bond acceptors (Lipinski definition) is 4. The third-order valence-electron chi connectivity index (χ3n) is 2.34. The molecular weight excluding hydrogens is 180 g/mol. The van der Waals surface area contributed by atoms with Gasteiger partial charge >= 0.3 is 0 Å². The van der Waals surface area contributed by atoms with Gasteiger partial charge in [0.15, 0.2) is 0 Å². The number of anilines is 1. The van der Waals surface area contributed by atoms with E-state index in [0.29, 0.717) is 13.2 Å². The highest BCUT2D eigenvalue weighted by atomic mass is 16.6. The van der Waals surface area contributed by atoms with Crippen LogP contribution in [0.4, 0.5) is 5.69 Å². The monoisotopic (exact) mass is 194 g/mol. The highest BCUT2D eigenvalue weighted by molar-refractivity contribution is 5.49. The van der Waals surface area contributed by atoms with Gasteiger partial charge in [0.2, 0.25) is 6.41 Å². The lowest BCUT2D eigenvalue weighted by Crippen LogP contribution is -2.29. The highest BCUT2D eigenvalue weighted by Gasteiger charge is 2.22. The van der Waals surface area contributed by atoms with Crippen molar-refractivity contribution in [2.24, 2.45) is 5.73 Å². The first-order chi connectivity index (χ1) is 6.81. The number of hydrogen-bond donors (Lipinski definition) is 2. The van der Waals surface area contributed by atoms with Gasteiger partial charge < -0.3 is 20.5 Å². The maximum absolute atomic E-state index is 9.48. The van der Waals surface area contributed by atoms with Gasteiger partial charge in [-0.15, -0.1) is 0 Å². The Labute approximate surface area is 82.9 Å². The molecule has 0 aromatic heterocycles. The second-order valence-corrected chi connectivity index (χ2v) is 3.26. The summed E-state index contributed by atoms with van der Waals surface area (Å²) in [5, 5.41) is 9.48. The van der Waals surface area contributed by atoms with E-state index in [-0.39, 0.29) is 0 Å². The number of ether oxygens (including phenoxy) is 1. The van der Waals surface area contributed by atoms with Crippen LogP contribution in [0.3, 0.4) is 0 Å². The molecule has 1 aromatic carbocycles. The van der Waals surface area contributed by atoms with E-state index in [0.717, 1.165) is 17.8 Å². The van der Waals surface area contributed by atoms with Crippen LogP contribution in [0.2, 0.25) is 0 Å². The molecule has 0 saturated carbocycles. The van der Waals surface area contributed by atoms with E-state index in [2.05, 4.69) is 0 Å². The lowest BCUT2D eigenvalue weighted by molar-refractivity contribution is -0.0573. The van der Waals surface area contributed by atoms with Crippen LogP contribution in [-0.4, -0.2) is 24.7 Å². The molecule has 0 aliphatic carbocycles. The number of nitrogens with zero attached hydrogens (tertiary/aromatic N) is 1. The van der Waals surface area contributed by atoms with Gasteiger partial charge in [0, 0.05) is 18.8 Å². The van der Waals surface area contributed by atoms with E-state index >= 15 is 0 Å². The van der Waals surface area contributed by atoms with Crippen molar-refractivity contribution in [3.8, 4) is 0 Å². The van der Waals surface area contributed by atoms with Crippen molar-refractivity contribution in [1.82, 2.24) is 0 Å². The molecule has 0 radical (unpaired) electrons. The first kappa shape index (κ1) is 9.45. The second kappa shape index (κ2) is 3.96. The Balaban J connectivity index is 2.22. The van der Waals surface area contributed by atoms with Gasteiger partial charge in [-0.2, -0.15) is 0 Å². The SMILES string of the molecule is NCc1cccc(N2CCOC2O)c1. The molecule has 76 valence electrons. The molecule has 3 N–H and O–H groups in total. The number of aliphatic hydroxyl groups is 1. The fourth-order valence-electron chi connectivity index (χ4n) is 1.58. The van der Waals surface area contributed by atoms with Crippen LogP contribution >= 0.6 is 0 Å². The molecule has 1 unspecified atom stereocenters. The summed E-state index contributed by atoms with van der Waals surface area (Å²) in [6.07, 6.45) is -0.817. The molecule has 1 atom stereocenters. The molecule has 4 heteroatoms. The maximum atomic E-state index is 9.48. The van der Waals surface area contributed by atoms with Crippen molar-refractivity contribution in [1.29, 1.82) is 0 Å². The quantitative estimate of drug-likeness (QED) is 0.709. The normalized spacial score (nSPS) is 21.6. The molecule has 0 spiro atoms. The minimum Gasteiger partial charge on any atom is -0.351 e. The summed E-state index contributed by atoms with van der Waals surface area (Å²) < 4.78 is 5.04. The predicted octanol–water partition coefficient (Wildman–Crippen LogP) is 0.258. The third-order valence-corrected chi connectivity index (χ3v) is 2.34. The van der Waals surface area contributed by atoms with Crippen LogP contribution in [0, 0.1) is 0 Å². The molecule has 1 saturated heterocycles. The molecule has 0 amide bonds. The van der Waals surface area contributed by atoms with Crippen molar-refractivity contribution in [2.45, 2.75) is 13.0 Å². The summed E-state index contributed by atoms with van der Waals surface area (Å²) in [7, 11) is 0. The Bertz CT molecular complexity index is 317. The molecule has 14 heavy (non-hydrogen) atoms. The summed E-state index contributed by atoms with van der Waals surface area (Å²) in [5.41, 5.74) is 7.55. The lowest BCUT2D eigenvalue weighted by Gasteiger charge is -2.20. The first-order valence-electron chi connectivity index (χ1n) is 4.66. The molecular formula is C10H14N2O2. The van der Waals surface area contributed by atoms with Crippen molar-refractivity contribution in [3.05, 3.63) is 29.8 Å². The summed E-state index contributed by atoms with van der Waals surface area (Å²) in [6.45, 7) is 1.79. The number of benzene rings is 1. The van der Waals surface area contributed by atoms with Crippen LogP contribution in [0.5, 0.6) is 0 Å². The molecule has 1 aromatic rings. The minimum atomic E-state index is -0.817. The van der Waals surface area contributed by atoms with Crippen molar-refractivity contribution < 1.29 is 9.84 Å². The fraction of sp³-hybridized carbons (Fsp3) is 0.400. The average molecular weight is 194 g/mol. The van der Waals surface area contributed by atoms with E-state index in [1.54, 1.807) is 4.90 Å². The zero-order valence-corrected chi connectivity index (χ0v) is 7.89.